The summed E-state index contributed by atoms with van der Waals surface area (Å²) >= 11 is 3.39. The van der Waals surface area contributed by atoms with Gasteiger partial charge in [0.25, 0.3) is 0 Å². The molecule has 0 aliphatic rings. The van der Waals surface area contributed by atoms with Crippen molar-refractivity contribution in [2.24, 2.45) is 0 Å². The van der Waals surface area contributed by atoms with Crippen molar-refractivity contribution in [3.05, 3.63) is 59.2 Å². The molecular weight excluding hydrogens is 350 g/mol. The first kappa shape index (κ1) is 17.8. The monoisotopic (exact) mass is 371 g/mol. The third-order valence-corrected chi connectivity index (χ3v) is 5.37. The Morgan fingerprint density at radius 1 is 1.28 bits per heavy atom. The SMILES string of the molecule is CSCC[C@H](C(=O)Nc1ccc(-c2csc(C)n2)cc1)n1cccc1. The summed E-state index contributed by atoms with van der Waals surface area (Å²) in [6.07, 6.45) is 6.75. The molecular formula is C19H21N3OS2. The summed E-state index contributed by atoms with van der Waals surface area (Å²) in [7, 11) is 0. The topological polar surface area (TPSA) is 46.9 Å². The minimum atomic E-state index is -0.191. The Bertz CT molecular complexity index is 810. The van der Waals surface area contributed by atoms with Crippen LogP contribution in [-0.2, 0) is 4.79 Å². The molecule has 1 N–H and O–H groups in total. The van der Waals surface area contributed by atoms with E-state index in [1.54, 1.807) is 23.1 Å². The Morgan fingerprint density at radius 2 is 2.00 bits per heavy atom. The minimum absolute atomic E-state index is 0.0162. The van der Waals surface area contributed by atoms with Gasteiger partial charge in [0, 0.05) is 29.0 Å². The van der Waals surface area contributed by atoms with Crippen molar-refractivity contribution in [1.29, 1.82) is 0 Å². The van der Waals surface area contributed by atoms with E-state index >= 15 is 0 Å². The van der Waals surface area contributed by atoms with Gasteiger partial charge in [0.1, 0.15) is 6.04 Å². The number of amides is 1. The molecule has 25 heavy (non-hydrogen) atoms. The molecule has 2 aromatic heterocycles. The number of carbonyl (C=O) groups excluding carboxylic acids is 1. The number of hydrogen-bond acceptors (Lipinski definition) is 4. The lowest BCUT2D eigenvalue weighted by molar-refractivity contribution is -0.119. The third kappa shape index (κ3) is 4.52. The van der Waals surface area contributed by atoms with Gasteiger partial charge >= 0.3 is 0 Å². The molecule has 3 aromatic rings. The number of aryl methyl sites for hydroxylation is 1. The van der Waals surface area contributed by atoms with Crippen molar-refractivity contribution in [3.8, 4) is 11.3 Å². The average Bonchev–Trinajstić information content (AvgIpc) is 3.28. The van der Waals surface area contributed by atoms with Gasteiger partial charge in [-0.1, -0.05) is 12.1 Å². The van der Waals surface area contributed by atoms with Gasteiger partial charge in [0.05, 0.1) is 10.7 Å². The highest BCUT2D eigenvalue weighted by atomic mass is 32.2. The molecule has 0 spiro atoms. The van der Waals surface area contributed by atoms with Crippen LogP contribution in [0.15, 0.2) is 54.2 Å². The number of carbonyl (C=O) groups is 1. The van der Waals surface area contributed by atoms with Crippen LogP contribution in [0.5, 0.6) is 0 Å². The molecule has 130 valence electrons. The van der Waals surface area contributed by atoms with Crippen molar-refractivity contribution in [2.75, 3.05) is 17.3 Å². The molecule has 0 saturated heterocycles. The lowest BCUT2D eigenvalue weighted by atomic mass is 10.1. The van der Waals surface area contributed by atoms with Crippen LogP contribution in [0.4, 0.5) is 5.69 Å². The second kappa shape index (κ2) is 8.36. The normalized spacial score (nSPS) is 12.1. The summed E-state index contributed by atoms with van der Waals surface area (Å²) in [6, 6.07) is 11.6. The number of thiazole rings is 1. The van der Waals surface area contributed by atoms with Gasteiger partial charge in [-0.2, -0.15) is 11.8 Å². The smallest absolute Gasteiger partial charge is 0.247 e. The van der Waals surface area contributed by atoms with E-state index in [1.807, 2.05) is 65.7 Å². The fraction of sp³-hybridized carbons (Fsp3) is 0.263. The fourth-order valence-electron chi connectivity index (χ4n) is 2.65. The maximum absolute atomic E-state index is 12.7. The zero-order chi connectivity index (χ0) is 17.6. The molecule has 0 bridgehead atoms. The largest absolute Gasteiger partial charge is 0.342 e. The van der Waals surface area contributed by atoms with E-state index in [0.717, 1.165) is 34.1 Å². The Kier molecular flexibility index (Phi) is 5.94. The van der Waals surface area contributed by atoms with Gasteiger partial charge in [-0.25, -0.2) is 4.98 Å². The van der Waals surface area contributed by atoms with Crippen LogP contribution < -0.4 is 5.32 Å². The number of nitrogens with one attached hydrogen (secondary N) is 1. The molecule has 6 heteroatoms. The molecule has 1 aromatic carbocycles. The average molecular weight is 372 g/mol. The highest BCUT2D eigenvalue weighted by Gasteiger charge is 2.19. The molecule has 0 aliphatic carbocycles. The molecule has 3 rings (SSSR count). The highest BCUT2D eigenvalue weighted by Crippen LogP contribution is 2.24. The maximum atomic E-state index is 12.7. The molecule has 0 saturated carbocycles. The van der Waals surface area contributed by atoms with Crippen LogP contribution in [0.25, 0.3) is 11.3 Å². The van der Waals surface area contributed by atoms with Crippen LogP contribution in [-0.4, -0.2) is 27.5 Å². The Hall–Kier alpha value is -2.05. The Balaban J connectivity index is 1.70. The van der Waals surface area contributed by atoms with Crippen LogP contribution in [0, 0.1) is 6.92 Å². The number of nitrogens with zero attached hydrogens (tertiary/aromatic N) is 2. The van der Waals surface area contributed by atoms with Crippen molar-refractivity contribution in [2.45, 2.75) is 19.4 Å². The molecule has 0 unspecified atom stereocenters. The molecule has 2 heterocycles. The summed E-state index contributed by atoms with van der Waals surface area (Å²) in [6.45, 7) is 2.00. The van der Waals surface area contributed by atoms with E-state index in [-0.39, 0.29) is 11.9 Å². The molecule has 1 atom stereocenters. The Labute approximate surface area is 156 Å². The van der Waals surface area contributed by atoms with Gasteiger partial charge in [-0.15, -0.1) is 11.3 Å². The number of hydrogen-bond donors (Lipinski definition) is 1. The number of thioether (sulfide) groups is 1. The minimum Gasteiger partial charge on any atom is -0.342 e. The van der Waals surface area contributed by atoms with Crippen LogP contribution in [0.2, 0.25) is 0 Å². The first-order valence-electron chi connectivity index (χ1n) is 8.12. The summed E-state index contributed by atoms with van der Waals surface area (Å²) in [5.41, 5.74) is 2.85. The maximum Gasteiger partial charge on any atom is 0.247 e. The zero-order valence-electron chi connectivity index (χ0n) is 14.3. The van der Waals surface area contributed by atoms with E-state index in [2.05, 4.69) is 16.6 Å². The third-order valence-electron chi connectivity index (χ3n) is 3.95. The van der Waals surface area contributed by atoms with Gasteiger partial charge in [0.2, 0.25) is 5.91 Å². The second-order valence-corrected chi connectivity index (χ2v) is 7.79. The van der Waals surface area contributed by atoms with Gasteiger partial charge < -0.3 is 9.88 Å². The lowest BCUT2D eigenvalue weighted by Crippen LogP contribution is -2.25. The molecule has 4 nitrogen and oxygen atoms in total. The Morgan fingerprint density at radius 3 is 2.60 bits per heavy atom. The number of aromatic nitrogens is 2. The van der Waals surface area contributed by atoms with E-state index in [4.69, 9.17) is 0 Å². The number of benzene rings is 1. The number of anilines is 1. The van der Waals surface area contributed by atoms with Crippen LogP contribution >= 0.6 is 23.1 Å². The fourth-order valence-corrected chi connectivity index (χ4v) is 3.73. The first-order valence-corrected chi connectivity index (χ1v) is 10.4. The van der Waals surface area contributed by atoms with Gasteiger partial charge in [-0.3, -0.25) is 4.79 Å². The standard InChI is InChI=1S/C19H21N3OS2/c1-14-20-17(13-25-14)15-5-7-16(8-6-15)21-19(23)18(9-12-24-2)22-10-3-4-11-22/h3-8,10-11,13,18H,9,12H2,1-2H3,(H,21,23)/t18-/m1/s1. The van der Waals surface area contributed by atoms with Gasteiger partial charge in [0.15, 0.2) is 0 Å². The van der Waals surface area contributed by atoms with E-state index in [1.165, 1.54) is 0 Å². The molecule has 1 amide bonds. The number of rotatable bonds is 7. The van der Waals surface area contributed by atoms with E-state index < -0.39 is 0 Å². The molecule has 0 radical (unpaired) electrons. The predicted octanol–water partition coefficient (Wildman–Crippen LogP) is 4.85. The summed E-state index contributed by atoms with van der Waals surface area (Å²) in [4.78, 5) is 17.2. The van der Waals surface area contributed by atoms with Crippen molar-refractivity contribution in [3.63, 3.8) is 0 Å². The second-order valence-electron chi connectivity index (χ2n) is 5.75. The summed E-state index contributed by atoms with van der Waals surface area (Å²) in [5, 5.41) is 6.14. The molecule has 0 fully saturated rings. The van der Waals surface area contributed by atoms with Crippen molar-refractivity contribution >= 4 is 34.7 Å². The van der Waals surface area contributed by atoms with E-state index in [0.29, 0.717) is 0 Å². The van der Waals surface area contributed by atoms with E-state index in [9.17, 15) is 4.79 Å². The highest BCUT2D eigenvalue weighted by molar-refractivity contribution is 7.98. The predicted molar refractivity (Wildman–Crippen MR) is 107 cm³/mol. The van der Waals surface area contributed by atoms with Gasteiger partial charge in [-0.05, 0) is 49.6 Å². The van der Waals surface area contributed by atoms with Crippen LogP contribution in [0.1, 0.15) is 17.5 Å². The first-order chi connectivity index (χ1) is 12.2. The summed E-state index contributed by atoms with van der Waals surface area (Å²) in [5.74, 6) is 0.959. The van der Waals surface area contributed by atoms with Crippen molar-refractivity contribution in [1.82, 2.24) is 9.55 Å². The van der Waals surface area contributed by atoms with Crippen LogP contribution in [0.3, 0.4) is 0 Å². The summed E-state index contributed by atoms with van der Waals surface area (Å²) < 4.78 is 1.97. The quantitative estimate of drug-likeness (QED) is 0.645. The lowest BCUT2D eigenvalue weighted by Gasteiger charge is -2.18. The van der Waals surface area contributed by atoms with Crippen molar-refractivity contribution < 1.29 is 4.79 Å². The zero-order valence-corrected chi connectivity index (χ0v) is 15.9. The molecule has 0 aliphatic heterocycles.